The lowest BCUT2D eigenvalue weighted by molar-refractivity contribution is 0.549. The van der Waals surface area contributed by atoms with Crippen LogP contribution < -0.4 is 10.6 Å². The van der Waals surface area contributed by atoms with Crippen LogP contribution in [-0.4, -0.2) is 18.1 Å². The minimum atomic E-state index is 0.684. The minimum absolute atomic E-state index is 0.684. The fourth-order valence-corrected chi connectivity index (χ4v) is 2.36. The molecule has 19 heavy (non-hydrogen) atoms. The van der Waals surface area contributed by atoms with Gasteiger partial charge in [0.15, 0.2) is 0 Å². The van der Waals surface area contributed by atoms with Crippen LogP contribution in [0.4, 0.5) is 11.4 Å². The van der Waals surface area contributed by atoms with Crippen LogP contribution in [0.3, 0.4) is 0 Å². The van der Waals surface area contributed by atoms with Gasteiger partial charge in [0.25, 0.3) is 0 Å². The maximum Gasteiger partial charge on any atom is 0.0951 e. The zero-order valence-electron chi connectivity index (χ0n) is 12.1. The Hall–Kier alpha value is -1.77. The highest BCUT2D eigenvalue weighted by Crippen LogP contribution is 2.30. The molecule has 0 saturated heterocycles. The SMILES string of the molecule is CCC(C)CN(CC)c1ccc(N)c2ncccc12. The standard InChI is InChI=1S/C16H23N3/c1-4-12(3)11-19(5-2)15-9-8-14(17)16-13(15)7-6-10-18-16/h6-10,12H,4-5,11,17H2,1-3H3. The summed E-state index contributed by atoms with van der Waals surface area (Å²) in [5.74, 6) is 0.684. The van der Waals surface area contributed by atoms with Gasteiger partial charge >= 0.3 is 0 Å². The molecule has 0 amide bonds. The van der Waals surface area contributed by atoms with E-state index in [1.165, 1.54) is 12.1 Å². The van der Waals surface area contributed by atoms with Crippen LogP contribution in [0.1, 0.15) is 27.2 Å². The van der Waals surface area contributed by atoms with Gasteiger partial charge in [-0.3, -0.25) is 4.98 Å². The zero-order valence-corrected chi connectivity index (χ0v) is 12.1. The van der Waals surface area contributed by atoms with Crippen molar-refractivity contribution in [2.24, 2.45) is 5.92 Å². The molecule has 0 aliphatic rings. The summed E-state index contributed by atoms with van der Waals surface area (Å²) in [6, 6.07) is 8.16. The van der Waals surface area contributed by atoms with Gasteiger partial charge in [-0.25, -0.2) is 0 Å². The first kappa shape index (κ1) is 13.7. The van der Waals surface area contributed by atoms with Crippen LogP contribution in [0.2, 0.25) is 0 Å². The molecular formula is C16H23N3. The Balaban J connectivity index is 2.46. The van der Waals surface area contributed by atoms with Gasteiger partial charge in [-0.2, -0.15) is 0 Å². The fourth-order valence-electron chi connectivity index (χ4n) is 2.36. The van der Waals surface area contributed by atoms with Gasteiger partial charge in [0.1, 0.15) is 0 Å². The summed E-state index contributed by atoms with van der Waals surface area (Å²) in [5.41, 5.74) is 8.90. The molecule has 0 radical (unpaired) electrons. The Bertz CT molecular complexity index is 551. The lowest BCUT2D eigenvalue weighted by Gasteiger charge is -2.27. The van der Waals surface area contributed by atoms with Gasteiger partial charge in [0.05, 0.1) is 11.2 Å². The van der Waals surface area contributed by atoms with Gasteiger partial charge in [-0.05, 0) is 37.1 Å². The second kappa shape index (κ2) is 5.91. The van der Waals surface area contributed by atoms with E-state index in [4.69, 9.17) is 5.73 Å². The van der Waals surface area contributed by atoms with E-state index < -0.39 is 0 Å². The van der Waals surface area contributed by atoms with Crippen molar-refractivity contribution in [2.45, 2.75) is 27.2 Å². The number of anilines is 2. The lowest BCUT2D eigenvalue weighted by Crippen LogP contribution is -2.28. The number of fused-ring (bicyclic) bond motifs is 1. The highest BCUT2D eigenvalue weighted by Gasteiger charge is 2.12. The minimum Gasteiger partial charge on any atom is -0.397 e. The zero-order chi connectivity index (χ0) is 13.8. The van der Waals surface area contributed by atoms with Crippen LogP contribution in [0.5, 0.6) is 0 Å². The molecule has 0 aliphatic carbocycles. The van der Waals surface area contributed by atoms with Crippen molar-refractivity contribution >= 4 is 22.3 Å². The number of hydrogen-bond donors (Lipinski definition) is 1. The monoisotopic (exact) mass is 257 g/mol. The van der Waals surface area contributed by atoms with Crippen molar-refractivity contribution < 1.29 is 0 Å². The van der Waals surface area contributed by atoms with E-state index in [-0.39, 0.29) is 0 Å². The molecule has 2 N–H and O–H groups in total. The van der Waals surface area contributed by atoms with Crippen molar-refractivity contribution in [3.8, 4) is 0 Å². The van der Waals surface area contributed by atoms with E-state index in [2.05, 4.69) is 42.8 Å². The predicted octanol–water partition coefficient (Wildman–Crippen LogP) is 3.69. The molecule has 0 spiro atoms. The molecule has 2 rings (SSSR count). The predicted molar refractivity (Wildman–Crippen MR) is 83.5 cm³/mol. The Morgan fingerprint density at radius 3 is 2.74 bits per heavy atom. The Morgan fingerprint density at radius 1 is 1.26 bits per heavy atom. The van der Waals surface area contributed by atoms with Gasteiger partial charge in [0.2, 0.25) is 0 Å². The van der Waals surface area contributed by atoms with Crippen molar-refractivity contribution in [1.29, 1.82) is 0 Å². The van der Waals surface area contributed by atoms with E-state index >= 15 is 0 Å². The van der Waals surface area contributed by atoms with Crippen molar-refractivity contribution in [3.05, 3.63) is 30.5 Å². The topological polar surface area (TPSA) is 42.1 Å². The highest BCUT2D eigenvalue weighted by atomic mass is 15.1. The molecule has 0 saturated carbocycles. The Kier molecular flexibility index (Phi) is 4.25. The van der Waals surface area contributed by atoms with E-state index in [0.29, 0.717) is 5.92 Å². The van der Waals surface area contributed by atoms with Gasteiger partial charge < -0.3 is 10.6 Å². The summed E-state index contributed by atoms with van der Waals surface area (Å²) in [5, 5.41) is 1.15. The smallest absolute Gasteiger partial charge is 0.0951 e. The number of rotatable bonds is 5. The first-order chi connectivity index (χ1) is 9.17. The Labute approximate surface area is 115 Å². The fraction of sp³-hybridized carbons (Fsp3) is 0.438. The number of pyridine rings is 1. The van der Waals surface area contributed by atoms with Crippen LogP contribution >= 0.6 is 0 Å². The second-order valence-corrected chi connectivity index (χ2v) is 5.13. The van der Waals surface area contributed by atoms with Gasteiger partial charge in [-0.1, -0.05) is 20.3 Å². The summed E-state index contributed by atoms with van der Waals surface area (Å²) in [6.07, 6.45) is 3.00. The molecular weight excluding hydrogens is 234 g/mol. The normalized spacial score (nSPS) is 12.6. The molecule has 1 aromatic carbocycles. The van der Waals surface area contributed by atoms with Crippen LogP contribution in [0.15, 0.2) is 30.5 Å². The van der Waals surface area contributed by atoms with E-state index in [1.54, 1.807) is 6.20 Å². The molecule has 3 heteroatoms. The van der Waals surface area contributed by atoms with Crippen molar-refractivity contribution in [2.75, 3.05) is 23.7 Å². The second-order valence-electron chi connectivity index (χ2n) is 5.13. The molecule has 0 bridgehead atoms. The summed E-state index contributed by atoms with van der Waals surface area (Å²) < 4.78 is 0. The van der Waals surface area contributed by atoms with E-state index in [9.17, 15) is 0 Å². The average Bonchev–Trinajstić information content (AvgIpc) is 2.45. The van der Waals surface area contributed by atoms with Crippen molar-refractivity contribution in [1.82, 2.24) is 4.98 Å². The molecule has 1 unspecified atom stereocenters. The van der Waals surface area contributed by atoms with Crippen LogP contribution in [0.25, 0.3) is 10.9 Å². The molecule has 102 valence electrons. The summed E-state index contributed by atoms with van der Waals surface area (Å²) in [6.45, 7) is 8.79. The summed E-state index contributed by atoms with van der Waals surface area (Å²) in [7, 11) is 0. The van der Waals surface area contributed by atoms with Gasteiger partial charge in [-0.15, -0.1) is 0 Å². The first-order valence-corrected chi connectivity index (χ1v) is 7.05. The molecule has 0 aliphatic heterocycles. The molecule has 0 fully saturated rings. The van der Waals surface area contributed by atoms with Crippen LogP contribution in [0, 0.1) is 5.92 Å². The molecule has 2 aromatic rings. The number of aromatic nitrogens is 1. The quantitative estimate of drug-likeness (QED) is 0.831. The summed E-state index contributed by atoms with van der Waals surface area (Å²) in [4.78, 5) is 6.82. The molecule has 3 nitrogen and oxygen atoms in total. The number of benzene rings is 1. The average molecular weight is 257 g/mol. The Morgan fingerprint density at radius 2 is 2.05 bits per heavy atom. The third-order valence-electron chi connectivity index (χ3n) is 3.73. The van der Waals surface area contributed by atoms with Crippen LogP contribution in [-0.2, 0) is 0 Å². The first-order valence-electron chi connectivity index (χ1n) is 7.05. The molecule has 1 atom stereocenters. The third-order valence-corrected chi connectivity index (χ3v) is 3.73. The van der Waals surface area contributed by atoms with E-state index in [1.807, 2.05) is 12.1 Å². The number of nitrogens with zero attached hydrogens (tertiary/aromatic N) is 2. The molecule has 1 heterocycles. The third kappa shape index (κ3) is 2.80. The lowest BCUT2D eigenvalue weighted by atomic mass is 10.1. The number of nitrogens with two attached hydrogens (primary N) is 1. The van der Waals surface area contributed by atoms with E-state index in [0.717, 1.165) is 29.7 Å². The maximum atomic E-state index is 6.01. The number of nitrogen functional groups attached to an aromatic ring is 1. The van der Waals surface area contributed by atoms with Crippen molar-refractivity contribution in [3.63, 3.8) is 0 Å². The largest absolute Gasteiger partial charge is 0.397 e. The maximum absolute atomic E-state index is 6.01. The van der Waals surface area contributed by atoms with Gasteiger partial charge in [0, 0.05) is 30.4 Å². The number of hydrogen-bond acceptors (Lipinski definition) is 3. The molecule has 1 aromatic heterocycles. The highest BCUT2D eigenvalue weighted by molar-refractivity contribution is 5.98. The summed E-state index contributed by atoms with van der Waals surface area (Å²) >= 11 is 0.